The number of nitrogens with zero attached hydrogens (tertiary/aromatic N) is 3. The van der Waals surface area contributed by atoms with Gasteiger partial charge in [-0.05, 0) is 36.8 Å². The van der Waals surface area contributed by atoms with Crippen molar-refractivity contribution in [3.63, 3.8) is 0 Å². The molecule has 0 bridgehead atoms. The Morgan fingerprint density at radius 2 is 2.00 bits per heavy atom. The number of hydrogen-bond donors (Lipinski definition) is 2. The van der Waals surface area contributed by atoms with Crippen LogP contribution < -0.4 is 21.2 Å². The van der Waals surface area contributed by atoms with E-state index in [1.54, 1.807) is 29.0 Å². The van der Waals surface area contributed by atoms with E-state index in [2.05, 4.69) is 10.3 Å². The number of nitrogens with two attached hydrogens (primary N) is 1. The lowest BCUT2D eigenvalue weighted by Gasteiger charge is -2.12. The lowest BCUT2D eigenvalue weighted by molar-refractivity contribution is -0.649. The van der Waals surface area contributed by atoms with Crippen LogP contribution in [0.4, 0.5) is 10.2 Å². The molecule has 0 aliphatic rings. The molecule has 0 aliphatic heterocycles. The number of nitrogen functional groups attached to an aromatic ring is 1. The molecule has 0 radical (unpaired) electrons. The molecule has 1 amide bonds. The van der Waals surface area contributed by atoms with Crippen LogP contribution >= 0.6 is 0 Å². The van der Waals surface area contributed by atoms with Crippen molar-refractivity contribution in [2.75, 3.05) is 12.8 Å². The zero-order chi connectivity index (χ0) is 20.7. The van der Waals surface area contributed by atoms with Gasteiger partial charge in [-0.25, -0.2) is 8.96 Å². The van der Waals surface area contributed by atoms with Gasteiger partial charge in [0.25, 0.3) is 17.1 Å². The van der Waals surface area contributed by atoms with E-state index in [1.165, 1.54) is 29.6 Å². The molecule has 0 spiro atoms. The van der Waals surface area contributed by atoms with E-state index < -0.39 is 5.91 Å². The van der Waals surface area contributed by atoms with Gasteiger partial charge in [0, 0.05) is 18.8 Å². The summed E-state index contributed by atoms with van der Waals surface area (Å²) < 4.78 is 16.4. The first-order valence-corrected chi connectivity index (χ1v) is 9.01. The van der Waals surface area contributed by atoms with Gasteiger partial charge in [0.05, 0.1) is 6.54 Å². The average Bonchev–Trinajstić information content (AvgIpc) is 2.72. The highest BCUT2D eigenvalue weighted by Gasteiger charge is 2.24. The standard InChI is InChI=1S/C21H18FN5O2/c1-12-4-3-9-26-18(12)25-19-16(21(26)29)10-15(20(28)24-2)17(23)27(19)11-13-5-7-14(22)8-6-13/h3-10,23H,11H2,1-2H3,(H,24,28)/p+1. The Kier molecular flexibility index (Phi) is 4.46. The minimum Gasteiger partial charge on any atom is -0.355 e. The van der Waals surface area contributed by atoms with Gasteiger partial charge in [-0.1, -0.05) is 23.2 Å². The molecule has 7 nitrogen and oxygen atoms in total. The lowest BCUT2D eigenvalue weighted by Crippen LogP contribution is -2.43. The SMILES string of the molecule is CNC(=O)c1cc2c(=O)n3cccc(C)c3nc2[n+](Cc2ccc(F)cc2)c1N. The van der Waals surface area contributed by atoms with E-state index in [9.17, 15) is 14.0 Å². The van der Waals surface area contributed by atoms with Crippen LogP contribution in [0.5, 0.6) is 0 Å². The number of anilines is 1. The molecule has 0 aliphatic carbocycles. The molecule has 4 rings (SSSR count). The van der Waals surface area contributed by atoms with Gasteiger partial charge in [0.2, 0.25) is 11.5 Å². The van der Waals surface area contributed by atoms with E-state index in [4.69, 9.17) is 5.73 Å². The van der Waals surface area contributed by atoms with Gasteiger partial charge in [0.1, 0.15) is 16.8 Å². The van der Waals surface area contributed by atoms with Gasteiger partial charge in [-0.2, -0.15) is 0 Å². The van der Waals surface area contributed by atoms with E-state index >= 15 is 0 Å². The monoisotopic (exact) mass is 392 g/mol. The van der Waals surface area contributed by atoms with Gasteiger partial charge in [-0.3, -0.25) is 14.0 Å². The molecule has 0 fully saturated rings. The van der Waals surface area contributed by atoms with Crippen LogP contribution in [0.3, 0.4) is 0 Å². The molecular formula is C21H19FN5O2+. The quantitative estimate of drug-likeness (QED) is 0.409. The smallest absolute Gasteiger partial charge is 0.278 e. The second-order valence-corrected chi connectivity index (χ2v) is 6.77. The molecule has 3 N–H and O–H groups in total. The number of aryl methyl sites for hydroxylation is 1. The molecule has 29 heavy (non-hydrogen) atoms. The Morgan fingerprint density at radius 3 is 2.69 bits per heavy atom. The molecule has 3 heterocycles. The van der Waals surface area contributed by atoms with Crippen molar-refractivity contribution in [3.8, 4) is 0 Å². The summed E-state index contributed by atoms with van der Waals surface area (Å²) in [5.41, 5.74) is 8.64. The molecule has 8 heteroatoms. The second-order valence-electron chi connectivity index (χ2n) is 6.77. The van der Waals surface area contributed by atoms with Crippen LogP contribution in [-0.2, 0) is 6.54 Å². The fourth-order valence-corrected chi connectivity index (χ4v) is 3.36. The lowest BCUT2D eigenvalue weighted by atomic mass is 10.1. The van der Waals surface area contributed by atoms with Gasteiger partial charge in [-0.15, -0.1) is 0 Å². The third-order valence-corrected chi connectivity index (χ3v) is 4.90. The maximum Gasteiger partial charge on any atom is 0.278 e. The van der Waals surface area contributed by atoms with E-state index in [-0.39, 0.29) is 34.7 Å². The van der Waals surface area contributed by atoms with Crippen LogP contribution in [0.15, 0.2) is 53.5 Å². The number of nitrogens with one attached hydrogen (secondary N) is 1. The Morgan fingerprint density at radius 1 is 1.28 bits per heavy atom. The van der Waals surface area contributed by atoms with Crippen LogP contribution in [-0.4, -0.2) is 22.3 Å². The largest absolute Gasteiger partial charge is 0.355 e. The van der Waals surface area contributed by atoms with Crippen molar-refractivity contribution in [2.45, 2.75) is 13.5 Å². The summed E-state index contributed by atoms with van der Waals surface area (Å²) in [4.78, 5) is 30.2. The third-order valence-electron chi connectivity index (χ3n) is 4.90. The molecule has 0 atom stereocenters. The zero-order valence-corrected chi connectivity index (χ0v) is 15.9. The normalized spacial score (nSPS) is 11.1. The summed E-state index contributed by atoms with van der Waals surface area (Å²) in [5, 5.41) is 2.81. The average molecular weight is 392 g/mol. The number of aromatic nitrogens is 3. The first-order chi connectivity index (χ1) is 13.9. The number of rotatable bonds is 3. The molecule has 0 saturated heterocycles. The minimum absolute atomic E-state index is 0.172. The number of carbonyl (C=O) groups excluding carboxylic acids is 1. The molecule has 3 aromatic heterocycles. The minimum atomic E-state index is -0.411. The summed E-state index contributed by atoms with van der Waals surface area (Å²) in [6.07, 6.45) is 1.64. The second kappa shape index (κ2) is 6.97. The molecule has 4 aromatic rings. The summed E-state index contributed by atoms with van der Waals surface area (Å²) in [5.74, 6) is -0.592. The Balaban J connectivity index is 2.09. The fourth-order valence-electron chi connectivity index (χ4n) is 3.36. The highest BCUT2D eigenvalue weighted by atomic mass is 19.1. The van der Waals surface area contributed by atoms with Crippen LogP contribution in [0.25, 0.3) is 16.7 Å². The van der Waals surface area contributed by atoms with Crippen LogP contribution in [0.2, 0.25) is 0 Å². The van der Waals surface area contributed by atoms with Crippen molar-refractivity contribution in [2.24, 2.45) is 0 Å². The number of fused-ring (bicyclic) bond motifs is 2. The Bertz CT molecular complexity index is 1330. The number of carbonyl (C=O) groups is 1. The summed E-state index contributed by atoms with van der Waals surface area (Å²) >= 11 is 0. The number of halogens is 1. The first kappa shape index (κ1) is 18.5. The fraction of sp³-hybridized carbons (Fsp3) is 0.143. The number of benzene rings is 1. The third kappa shape index (κ3) is 3.08. The topological polar surface area (TPSA) is 93.4 Å². The maximum atomic E-state index is 13.3. The van der Waals surface area contributed by atoms with Crippen molar-refractivity contribution < 1.29 is 13.8 Å². The number of amides is 1. The molecule has 0 unspecified atom stereocenters. The molecule has 1 aromatic carbocycles. The Labute approximate surface area is 165 Å². The molecule has 146 valence electrons. The molecular weight excluding hydrogens is 373 g/mol. The maximum absolute atomic E-state index is 13.3. The number of pyridine rings is 2. The zero-order valence-electron chi connectivity index (χ0n) is 15.9. The number of hydrogen-bond acceptors (Lipinski definition) is 4. The highest BCUT2D eigenvalue weighted by molar-refractivity contribution is 6.00. The van der Waals surface area contributed by atoms with E-state index in [0.29, 0.717) is 11.3 Å². The van der Waals surface area contributed by atoms with Gasteiger partial charge >= 0.3 is 0 Å². The molecule has 0 saturated carbocycles. The Hall–Kier alpha value is -3.81. The summed E-state index contributed by atoms with van der Waals surface area (Å²) in [6.45, 7) is 2.09. The van der Waals surface area contributed by atoms with Gasteiger partial charge < -0.3 is 11.1 Å². The van der Waals surface area contributed by atoms with Crippen molar-refractivity contribution >= 4 is 28.4 Å². The van der Waals surface area contributed by atoms with Crippen LogP contribution in [0, 0.1) is 12.7 Å². The van der Waals surface area contributed by atoms with Gasteiger partial charge in [0.15, 0.2) is 0 Å². The van der Waals surface area contributed by atoms with Crippen LogP contribution in [0.1, 0.15) is 21.5 Å². The van der Waals surface area contributed by atoms with Crippen molar-refractivity contribution in [1.29, 1.82) is 0 Å². The predicted octanol–water partition coefficient (Wildman–Crippen LogP) is 1.57. The highest BCUT2D eigenvalue weighted by Crippen LogP contribution is 2.16. The van der Waals surface area contributed by atoms with Crippen molar-refractivity contribution in [3.05, 3.63) is 81.5 Å². The predicted molar refractivity (Wildman–Crippen MR) is 107 cm³/mol. The van der Waals surface area contributed by atoms with Crippen molar-refractivity contribution in [1.82, 2.24) is 14.7 Å². The first-order valence-electron chi connectivity index (χ1n) is 9.01. The van der Waals surface area contributed by atoms with E-state index in [1.807, 2.05) is 13.0 Å². The summed E-state index contributed by atoms with van der Waals surface area (Å²) in [7, 11) is 1.49. The summed E-state index contributed by atoms with van der Waals surface area (Å²) in [6, 6.07) is 11.0. The van der Waals surface area contributed by atoms with E-state index in [0.717, 1.165) is 11.1 Å².